The monoisotopic (exact) mass is 404 g/mol. The molecular formula is C23H24N4O3. The van der Waals surface area contributed by atoms with Crippen molar-refractivity contribution in [1.29, 1.82) is 0 Å². The van der Waals surface area contributed by atoms with Crippen LogP contribution in [0.15, 0.2) is 40.1 Å². The van der Waals surface area contributed by atoms with Crippen LogP contribution in [0, 0.1) is 0 Å². The van der Waals surface area contributed by atoms with Crippen molar-refractivity contribution in [3.63, 3.8) is 0 Å². The maximum absolute atomic E-state index is 13.5. The first-order chi connectivity index (χ1) is 14.4. The van der Waals surface area contributed by atoms with Gasteiger partial charge >= 0.3 is 0 Å². The molecule has 0 spiro atoms. The molecule has 0 fully saturated rings. The summed E-state index contributed by atoms with van der Waals surface area (Å²) in [6.07, 6.45) is 9.50. The van der Waals surface area contributed by atoms with Gasteiger partial charge in [0.25, 0.3) is 0 Å². The Morgan fingerprint density at radius 1 is 1.07 bits per heavy atom. The Labute approximate surface area is 174 Å². The highest BCUT2D eigenvalue weighted by Crippen LogP contribution is 2.37. The Balaban J connectivity index is 1.80. The van der Waals surface area contributed by atoms with Gasteiger partial charge in [-0.05, 0) is 76.0 Å². The number of ketones is 3. The van der Waals surface area contributed by atoms with Gasteiger partial charge < -0.3 is 15.2 Å². The minimum atomic E-state index is -0.536. The normalized spacial score (nSPS) is 17.7. The minimum absolute atomic E-state index is 0.108. The highest BCUT2D eigenvalue weighted by Gasteiger charge is 2.34. The molecule has 0 aromatic carbocycles. The van der Waals surface area contributed by atoms with E-state index in [-0.39, 0.29) is 5.78 Å². The van der Waals surface area contributed by atoms with E-state index in [9.17, 15) is 14.4 Å². The summed E-state index contributed by atoms with van der Waals surface area (Å²) in [5.41, 5.74) is 4.99. The van der Waals surface area contributed by atoms with Crippen LogP contribution in [0.2, 0.25) is 0 Å². The molecular weight excluding hydrogens is 380 g/mol. The quantitative estimate of drug-likeness (QED) is 0.675. The molecule has 4 rings (SSSR count). The van der Waals surface area contributed by atoms with Gasteiger partial charge in [-0.3, -0.25) is 19.4 Å². The number of aromatic nitrogens is 1. The summed E-state index contributed by atoms with van der Waals surface area (Å²) < 4.78 is 0. The molecule has 2 N–H and O–H groups in total. The molecule has 0 radical (unpaired) electrons. The van der Waals surface area contributed by atoms with Crippen LogP contribution in [0.4, 0.5) is 0 Å². The van der Waals surface area contributed by atoms with Gasteiger partial charge in [-0.15, -0.1) is 0 Å². The lowest BCUT2D eigenvalue weighted by Crippen LogP contribution is -2.20. The smallest absolute Gasteiger partial charge is 0.235 e. The van der Waals surface area contributed by atoms with Crippen LogP contribution in [0.3, 0.4) is 0 Å². The van der Waals surface area contributed by atoms with Gasteiger partial charge in [0.15, 0.2) is 5.78 Å². The zero-order chi connectivity index (χ0) is 21.4. The Bertz CT molecular complexity index is 1110. The van der Waals surface area contributed by atoms with Crippen molar-refractivity contribution in [3.8, 4) is 0 Å². The molecule has 0 saturated carbocycles. The van der Waals surface area contributed by atoms with Crippen molar-refractivity contribution in [2.45, 2.75) is 12.8 Å². The molecule has 7 nitrogen and oxygen atoms in total. The number of H-pyrrole nitrogens is 1. The zero-order valence-corrected chi connectivity index (χ0v) is 17.3. The number of nitrogens with one attached hydrogen (secondary N) is 2. The molecule has 0 bridgehead atoms. The van der Waals surface area contributed by atoms with E-state index in [1.807, 2.05) is 32.1 Å². The van der Waals surface area contributed by atoms with Crippen molar-refractivity contribution in [3.05, 3.63) is 57.6 Å². The third-order valence-corrected chi connectivity index (χ3v) is 5.52. The SMILES string of the molecule is CNCCC1=C2C(=O)C(c3[nH]c4c(c3CCN(C)C)C(=O)C(=O)C=C4)=CC=C2N=C1. The number of allylic oxidation sites excluding steroid dienone is 5. The van der Waals surface area contributed by atoms with Gasteiger partial charge in [0.2, 0.25) is 11.6 Å². The highest BCUT2D eigenvalue weighted by atomic mass is 16.2. The molecule has 30 heavy (non-hydrogen) atoms. The number of rotatable bonds is 7. The number of aliphatic imine (C=N–C) groups is 1. The van der Waals surface area contributed by atoms with Crippen molar-refractivity contribution in [1.82, 2.24) is 15.2 Å². The minimum Gasteiger partial charge on any atom is -0.354 e. The fourth-order valence-electron chi connectivity index (χ4n) is 3.97. The summed E-state index contributed by atoms with van der Waals surface area (Å²) in [6, 6.07) is 0. The van der Waals surface area contributed by atoms with E-state index in [4.69, 9.17) is 0 Å². The number of fused-ring (bicyclic) bond motifs is 2. The third-order valence-electron chi connectivity index (χ3n) is 5.52. The van der Waals surface area contributed by atoms with Crippen LogP contribution in [0.1, 0.15) is 33.7 Å². The van der Waals surface area contributed by atoms with Crippen LogP contribution in [-0.4, -0.2) is 67.7 Å². The number of aromatic amines is 1. The maximum atomic E-state index is 13.5. The third kappa shape index (κ3) is 3.36. The second-order valence-electron chi connectivity index (χ2n) is 7.82. The van der Waals surface area contributed by atoms with Crippen molar-refractivity contribution in [2.24, 2.45) is 4.99 Å². The molecule has 0 amide bonds. The molecule has 3 aliphatic rings. The largest absolute Gasteiger partial charge is 0.354 e. The lowest BCUT2D eigenvalue weighted by Gasteiger charge is -2.16. The van der Waals surface area contributed by atoms with E-state index in [0.717, 1.165) is 12.1 Å². The lowest BCUT2D eigenvalue weighted by atomic mass is 9.87. The van der Waals surface area contributed by atoms with Crippen LogP contribution < -0.4 is 5.32 Å². The average Bonchev–Trinajstić information content (AvgIpc) is 3.30. The van der Waals surface area contributed by atoms with Gasteiger partial charge in [-0.25, -0.2) is 0 Å². The molecule has 2 heterocycles. The molecule has 0 unspecified atom stereocenters. The summed E-state index contributed by atoms with van der Waals surface area (Å²) in [5, 5.41) is 3.10. The summed E-state index contributed by atoms with van der Waals surface area (Å²) >= 11 is 0. The predicted molar refractivity (Wildman–Crippen MR) is 117 cm³/mol. The van der Waals surface area contributed by atoms with Crippen LogP contribution >= 0.6 is 0 Å². The van der Waals surface area contributed by atoms with Crippen LogP contribution in [0.5, 0.6) is 0 Å². The molecule has 1 aromatic heterocycles. The Hall–Kier alpha value is -3.16. The van der Waals surface area contributed by atoms with Gasteiger partial charge in [0.05, 0.1) is 28.2 Å². The number of carbonyl (C=O) groups is 3. The highest BCUT2D eigenvalue weighted by molar-refractivity contribution is 6.50. The molecule has 1 aromatic rings. The number of hydrogen-bond donors (Lipinski definition) is 2. The van der Waals surface area contributed by atoms with Crippen LogP contribution in [-0.2, 0) is 16.0 Å². The molecule has 0 atom stereocenters. The Morgan fingerprint density at radius 3 is 2.60 bits per heavy atom. The number of Topliss-reactive ketones (excluding diaryl/α,β-unsaturated/α-hetero) is 2. The van der Waals surface area contributed by atoms with E-state index in [1.54, 1.807) is 18.4 Å². The molecule has 154 valence electrons. The standard InChI is InChI=1S/C23H24N4O3/c1-24-10-8-13-12-25-16-5-4-15(22(29)19(13)16)21-14(9-11-27(2)3)20-17(26-21)6-7-18(28)23(20)30/h4-7,12,24,26H,8-11H2,1-3H3. The van der Waals surface area contributed by atoms with E-state index in [0.29, 0.717) is 58.7 Å². The van der Waals surface area contributed by atoms with Crippen molar-refractivity contribution >= 4 is 35.2 Å². The average molecular weight is 404 g/mol. The molecule has 1 aliphatic heterocycles. The Kier molecular flexibility index (Phi) is 5.32. The number of carbonyl (C=O) groups excluding carboxylic acids is 3. The van der Waals surface area contributed by atoms with E-state index >= 15 is 0 Å². The number of likely N-dealkylation sites (N-methyl/N-ethyl adjacent to an activating group) is 1. The van der Waals surface area contributed by atoms with E-state index in [2.05, 4.69) is 15.3 Å². The number of nitrogens with zero attached hydrogens (tertiary/aromatic N) is 2. The predicted octanol–water partition coefficient (Wildman–Crippen LogP) is 1.74. The van der Waals surface area contributed by atoms with Crippen molar-refractivity contribution in [2.75, 3.05) is 34.2 Å². The molecule has 7 heteroatoms. The van der Waals surface area contributed by atoms with Gasteiger partial charge in [-0.1, -0.05) is 0 Å². The van der Waals surface area contributed by atoms with Gasteiger partial charge in [0.1, 0.15) is 0 Å². The first-order valence-electron chi connectivity index (χ1n) is 9.98. The summed E-state index contributed by atoms with van der Waals surface area (Å²) in [4.78, 5) is 47.7. The topological polar surface area (TPSA) is 94.6 Å². The first kappa shape index (κ1) is 20.1. The fraction of sp³-hybridized carbons (Fsp3) is 0.304. The molecule has 0 saturated heterocycles. The Morgan fingerprint density at radius 2 is 1.87 bits per heavy atom. The van der Waals surface area contributed by atoms with Crippen LogP contribution in [0.25, 0.3) is 11.6 Å². The number of hydrogen-bond acceptors (Lipinski definition) is 6. The zero-order valence-electron chi connectivity index (χ0n) is 17.3. The summed E-state index contributed by atoms with van der Waals surface area (Å²) in [5.74, 6) is -1.17. The first-order valence-corrected chi connectivity index (χ1v) is 9.98. The second-order valence-corrected chi connectivity index (χ2v) is 7.82. The second kappa shape index (κ2) is 7.93. The van der Waals surface area contributed by atoms with Gasteiger partial charge in [0, 0.05) is 18.3 Å². The summed E-state index contributed by atoms with van der Waals surface area (Å²) in [6.45, 7) is 1.43. The lowest BCUT2D eigenvalue weighted by molar-refractivity contribution is -0.111. The maximum Gasteiger partial charge on any atom is 0.235 e. The fourth-order valence-corrected chi connectivity index (χ4v) is 3.97. The van der Waals surface area contributed by atoms with E-state index < -0.39 is 11.6 Å². The van der Waals surface area contributed by atoms with Crippen molar-refractivity contribution < 1.29 is 14.4 Å². The van der Waals surface area contributed by atoms with E-state index in [1.165, 1.54) is 6.08 Å². The summed E-state index contributed by atoms with van der Waals surface area (Å²) in [7, 11) is 5.76. The van der Waals surface area contributed by atoms with Gasteiger partial charge in [-0.2, -0.15) is 0 Å². The molecule has 2 aliphatic carbocycles.